The van der Waals surface area contributed by atoms with Crippen molar-refractivity contribution in [3.8, 4) is 5.75 Å². The first-order valence-electron chi connectivity index (χ1n) is 5.75. The molecule has 0 radical (unpaired) electrons. The molecule has 8 heteroatoms. The molecule has 1 heterocycles. The topological polar surface area (TPSA) is 69.6 Å². The van der Waals surface area contributed by atoms with Crippen LogP contribution in [0.15, 0.2) is 29.2 Å². The van der Waals surface area contributed by atoms with E-state index in [9.17, 15) is 13.2 Å². The highest BCUT2D eigenvalue weighted by molar-refractivity contribution is 8.00. The Balaban J connectivity index is 0.000000246. The first-order valence-corrected chi connectivity index (χ1v) is 6.63. The van der Waals surface area contributed by atoms with Crippen molar-refractivity contribution in [1.29, 1.82) is 0 Å². The van der Waals surface area contributed by atoms with Crippen LogP contribution < -0.4 is 5.32 Å². The van der Waals surface area contributed by atoms with E-state index in [0.29, 0.717) is 11.0 Å². The Labute approximate surface area is 118 Å². The number of rotatable bonds is 2. The summed E-state index contributed by atoms with van der Waals surface area (Å²) >= 11 is 1.89. The maximum atomic E-state index is 10.6. The number of phenolic OH excluding ortho intramolecular Hbond substituents is 1. The van der Waals surface area contributed by atoms with Gasteiger partial charge in [0.25, 0.3) is 0 Å². The average Bonchev–Trinajstić information content (AvgIpc) is 2.84. The Bertz CT molecular complexity index is 431. The van der Waals surface area contributed by atoms with E-state index in [-0.39, 0.29) is 0 Å². The molecule has 20 heavy (non-hydrogen) atoms. The van der Waals surface area contributed by atoms with Crippen LogP contribution in [-0.4, -0.2) is 40.7 Å². The van der Waals surface area contributed by atoms with Crippen LogP contribution in [0.5, 0.6) is 5.75 Å². The summed E-state index contributed by atoms with van der Waals surface area (Å²) in [5, 5.41) is 20.3. The van der Waals surface area contributed by atoms with Gasteiger partial charge in [0.05, 0.1) is 0 Å². The van der Waals surface area contributed by atoms with E-state index in [4.69, 9.17) is 15.0 Å². The van der Waals surface area contributed by atoms with Gasteiger partial charge in [-0.1, -0.05) is 0 Å². The molecule has 0 saturated carbocycles. The van der Waals surface area contributed by atoms with Gasteiger partial charge in [0, 0.05) is 16.7 Å². The highest BCUT2D eigenvalue weighted by atomic mass is 32.2. The van der Waals surface area contributed by atoms with Crippen molar-refractivity contribution in [2.75, 3.05) is 13.1 Å². The van der Waals surface area contributed by atoms with E-state index >= 15 is 0 Å². The normalized spacial score (nSPS) is 18.2. The second kappa shape index (κ2) is 7.39. The number of benzene rings is 1. The fraction of sp³-hybridized carbons (Fsp3) is 0.417. The zero-order valence-corrected chi connectivity index (χ0v) is 11.2. The average molecular weight is 309 g/mol. The van der Waals surface area contributed by atoms with E-state index < -0.39 is 12.1 Å². The van der Waals surface area contributed by atoms with E-state index in [2.05, 4.69) is 5.32 Å². The highest BCUT2D eigenvalue weighted by Gasteiger charge is 2.38. The fourth-order valence-electron chi connectivity index (χ4n) is 1.45. The minimum absolute atomic E-state index is 0.342. The molecule has 0 aliphatic carbocycles. The van der Waals surface area contributed by atoms with Gasteiger partial charge in [-0.15, -0.1) is 11.8 Å². The van der Waals surface area contributed by atoms with Crippen LogP contribution in [0.1, 0.15) is 6.42 Å². The first-order chi connectivity index (χ1) is 9.29. The highest BCUT2D eigenvalue weighted by Crippen LogP contribution is 2.27. The van der Waals surface area contributed by atoms with Gasteiger partial charge in [-0.25, -0.2) is 4.79 Å². The fourth-order valence-corrected chi connectivity index (χ4v) is 2.56. The van der Waals surface area contributed by atoms with Gasteiger partial charge >= 0.3 is 12.1 Å². The van der Waals surface area contributed by atoms with Crippen LogP contribution in [0.4, 0.5) is 13.2 Å². The predicted octanol–water partition coefficient (Wildman–Crippen LogP) is 2.48. The summed E-state index contributed by atoms with van der Waals surface area (Å²) in [5.74, 6) is -2.42. The largest absolute Gasteiger partial charge is 0.508 e. The van der Waals surface area contributed by atoms with Crippen LogP contribution in [0.2, 0.25) is 0 Å². The summed E-state index contributed by atoms with van der Waals surface area (Å²) in [5.41, 5.74) is 0. The third-order valence-corrected chi connectivity index (χ3v) is 3.68. The number of halogens is 3. The van der Waals surface area contributed by atoms with Gasteiger partial charge in [-0.2, -0.15) is 13.2 Å². The minimum Gasteiger partial charge on any atom is -0.508 e. The zero-order valence-electron chi connectivity index (χ0n) is 10.4. The Kier molecular flexibility index (Phi) is 6.15. The number of alkyl halides is 3. The summed E-state index contributed by atoms with van der Waals surface area (Å²) in [6.07, 6.45) is -3.84. The van der Waals surface area contributed by atoms with E-state index in [0.717, 1.165) is 13.1 Å². The predicted molar refractivity (Wildman–Crippen MR) is 68.9 cm³/mol. The SMILES string of the molecule is O=C(O)C(F)(F)F.Oc1ccc(S[C@@H]2CCNC2)cc1. The van der Waals surface area contributed by atoms with Crippen LogP contribution in [0.3, 0.4) is 0 Å². The van der Waals surface area contributed by atoms with Crippen LogP contribution in [0, 0.1) is 0 Å². The number of phenols is 1. The van der Waals surface area contributed by atoms with Crippen molar-refractivity contribution in [1.82, 2.24) is 5.32 Å². The molecule has 1 aromatic rings. The first kappa shape index (κ1) is 16.6. The number of hydrogen-bond donors (Lipinski definition) is 3. The zero-order chi connectivity index (χ0) is 15.2. The number of carbonyl (C=O) groups is 1. The molecular formula is C12H14F3NO3S. The van der Waals surface area contributed by atoms with Crippen molar-refractivity contribution in [3.63, 3.8) is 0 Å². The second-order valence-electron chi connectivity index (χ2n) is 4.03. The molecule has 0 amide bonds. The maximum Gasteiger partial charge on any atom is 0.490 e. The standard InChI is InChI=1S/C10H13NOS.C2HF3O2/c12-8-1-3-9(4-2-8)13-10-5-6-11-7-10;3-2(4,5)1(6)7/h1-4,10-12H,5-7H2;(H,6,7)/t10-;/m1./s1. The molecule has 0 bridgehead atoms. The van der Waals surface area contributed by atoms with E-state index in [1.54, 1.807) is 12.1 Å². The van der Waals surface area contributed by atoms with Crippen LogP contribution in [0.25, 0.3) is 0 Å². The van der Waals surface area contributed by atoms with Crippen molar-refractivity contribution in [3.05, 3.63) is 24.3 Å². The van der Waals surface area contributed by atoms with Crippen LogP contribution >= 0.6 is 11.8 Å². The summed E-state index contributed by atoms with van der Waals surface area (Å²) in [7, 11) is 0. The molecule has 0 unspecified atom stereocenters. The van der Waals surface area contributed by atoms with E-state index in [1.165, 1.54) is 11.3 Å². The van der Waals surface area contributed by atoms with Gasteiger partial charge in [-0.3, -0.25) is 0 Å². The molecule has 1 saturated heterocycles. The monoisotopic (exact) mass is 309 g/mol. The number of nitrogens with one attached hydrogen (secondary N) is 1. The Morgan fingerprint density at radius 3 is 2.25 bits per heavy atom. The van der Waals surface area contributed by atoms with Gasteiger partial charge in [0.1, 0.15) is 5.75 Å². The number of carboxylic acid groups (broad SMARTS) is 1. The van der Waals surface area contributed by atoms with Gasteiger partial charge in [0.15, 0.2) is 0 Å². The summed E-state index contributed by atoms with van der Waals surface area (Å²) in [6, 6.07) is 7.42. The third kappa shape index (κ3) is 6.16. The van der Waals surface area contributed by atoms with Crippen molar-refractivity contribution < 1.29 is 28.2 Å². The van der Waals surface area contributed by atoms with Crippen molar-refractivity contribution >= 4 is 17.7 Å². The summed E-state index contributed by atoms with van der Waals surface area (Å²) in [4.78, 5) is 10.1. The molecule has 1 atom stereocenters. The number of carboxylic acids is 1. The molecule has 0 aromatic heterocycles. The lowest BCUT2D eigenvalue weighted by Crippen LogP contribution is -2.21. The van der Waals surface area contributed by atoms with Crippen molar-refractivity contribution in [2.24, 2.45) is 0 Å². The lowest BCUT2D eigenvalue weighted by molar-refractivity contribution is -0.192. The van der Waals surface area contributed by atoms with Gasteiger partial charge in [-0.05, 0) is 37.2 Å². The molecule has 4 nitrogen and oxygen atoms in total. The number of aliphatic carboxylic acids is 1. The van der Waals surface area contributed by atoms with Crippen molar-refractivity contribution in [2.45, 2.75) is 22.7 Å². The lowest BCUT2D eigenvalue weighted by Gasteiger charge is -2.07. The lowest BCUT2D eigenvalue weighted by atomic mass is 10.3. The molecule has 1 aromatic carbocycles. The number of aromatic hydroxyl groups is 1. The number of hydrogen-bond acceptors (Lipinski definition) is 4. The molecule has 112 valence electrons. The molecule has 1 aliphatic rings. The minimum atomic E-state index is -5.08. The molecular weight excluding hydrogens is 295 g/mol. The Morgan fingerprint density at radius 2 is 1.85 bits per heavy atom. The van der Waals surface area contributed by atoms with Gasteiger partial charge in [0.2, 0.25) is 0 Å². The van der Waals surface area contributed by atoms with E-state index in [1.807, 2.05) is 23.9 Å². The summed E-state index contributed by atoms with van der Waals surface area (Å²) in [6.45, 7) is 2.24. The second-order valence-corrected chi connectivity index (χ2v) is 5.40. The third-order valence-electron chi connectivity index (χ3n) is 2.40. The molecule has 3 N–H and O–H groups in total. The molecule has 2 rings (SSSR count). The number of thioether (sulfide) groups is 1. The maximum absolute atomic E-state index is 10.6. The Morgan fingerprint density at radius 1 is 1.30 bits per heavy atom. The van der Waals surface area contributed by atoms with Gasteiger partial charge < -0.3 is 15.5 Å². The summed E-state index contributed by atoms with van der Waals surface area (Å²) < 4.78 is 31.7. The smallest absolute Gasteiger partial charge is 0.490 e. The molecule has 0 spiro atoms. The van der Waals surface area contributed by atoms with Crippen LogP contribution in [-0.2, 0) is 4.79 Å². The quantitative estimate of drug-likeness (QED) is 0.783. The Hall–Kier alpha value is -1.41. The molecule has 1 aliphatic heterocycles. The molecule has 1 fully saturated rings.